The summed E-state index contributed by atoms with van der Waals surface area (Å²) in [5.74, 6) is 0.649. The third kappa shape index (κ3) is 6.90. The van der Waals surface area contributed by atoms with E-state index in [1.807, 2.05) is 13.8 Å². The number of rotatable bonds is 12. The smallest absolute Gasteiger partial charge is 0.254 e. The molecule has 8 nitrogen and oxygen atoms in total. The van der Waals surface area contributed by atoms with Crippen LogP contribution in [0.5, 0.6) is 0 Å². The van der Waals surface area contributed by atoms with Crippen molar-refractivity contribution in [2.24, 2.45) is 11.8 Å². The first-order valence-corrected chi connectivity index (χ1v) is 13.7. The number of hydrogen-bond acceptors (Lipinski definition) is 6. The molecule has 1 atom stereocenters. The molecule has 0 saturated heterocycles. The summed E-state index contributed by atoms with van der Waals surface area (Å²) in [6.07, 6.45) is 6.34. The standard InChI is InChI=1S/C24H36N4O4S2/c1-3-31-19(32-4-2)13-26-24(33)27-16-9-10-18-17(11-16)20(22(30)25-12-14-5-6-14)23(34-18)28-21(29)15-7-8-15/h14-16,19H,3-13H2,1-2H3,(H,25,30)(H,28,29)(H2,26,27,33)/t16-/m0/s1. The minimum atomic E-state index is -0.344. The zero-order chi connectivity index (χ0) is 24.1. The number of anilines is 1. The van der Waals surface area contributed by atoms with Gasteiger partial charge in [0.15, 0.2) is 11.4 Å². The molecule has 0 unspecified atom stereocenters. The summed E-state index contributed by atoms with van der Waals surface area (Å²) in [4.78, 5) is 26.8. The highest BCUT2D eigenvalue weighted by Crippen LogP contribution is 2.40. The summed E-state index contributed by atoms with van der Waals surface area (Å²) in [5.41, 5.74) is 1.69. The minimum absolute atomic E-state index is 0.0352. The van der Waals surface area contributed by atoms with E-state index >= 15 is 0 Å². The van der Waals surface area contributed by atoms with Crippen LogP contribution in [-0.4, -0.2) is 55.6 Å². The number of amides is 2. The van der Waals surface area contributed by atoms with Gasteiger partial charge in [-0.1, -0.05) is 0 Å². The number of ether oxygens (including phenoxy) is 2. The van der Waals surface area contributed by atoms with Crippen LogP contribution in [0, 0.1) is 11.8 Å². The maximum atomic E-state index is 13.2. The Morgan fingerprint density at radius 3 is 2.47 bits per heavy atom. The second-order valence-electron chi connectivity index (χ2n) is 9.26. The number of nitrogens with one attached hydrogen (secondary N) is 4. The monoisotopic (exact) mass is 508 g/mol. The van der Waals surface area contributed by atoms with Crippen molar-refractivity contribution in [1.29, 1.82) is 0 Å². The molecule has 0 aromatic carbocycles. The molecule has 0 aliphatic heterocycles. The van der Waals surface area contributed by atoms with Crippen LogP contribution >= 0.6 is 23.6 Å². The average Bonchev–Trinajstić information content (AvgIpc) is 3.73. The molecular weight excluding hydrogens is 472 g/mol. The molecule has 2 fully saturated rings. The van der Waals surface area contributed by atoms with Crippen LogP contribution in [0.3, 0.4) is 0 Å². The zero-order valence-electron chi connectivity index (χ0n) is 20.0. The van der Waals surface area contributed by atoms with Crippen molar-refractivity contribution in [2.45, 2.75) is 71.1 Å². The van der Waals surface area contributed by atoms with Crippen molar-refractivity contribution in [3.05, 3.63) is 16.0 Å². The van der Waals surface area contributed by atoms with Gasteiger partial charge in [-0.25, -0.2) is 0 Å². The predicted octanol–water partition coefficient (Wildman–Crippen LogP) is 2.96. The van der Waals surface area contributed by atoms with Gasteiger partial charge in [0.2, 0.25) is 5.91 Å². The van der Waals surface area contributed by atoms with Gasteiger partial charge in [-0.15, -0.1) is 11.3 Å². The summed E-state index contributed by atoms with van der Waals surface area (Å²) in [6, 6.07) is 0.113. The van der Waals surface area contributed by atoms with Crippen LogP contribution in [0.1, 0.15) is 66.8 Å². The van der Waals surface area contributed by atoms with Crippen molar-refractivity contribution in [1.82, 2.24) is 16.0 Å². The molecule has 10 heteroatoms. The predicted molar refractivity (Wildman–Crippen MR) is 137 cm³/mol. The first kappa shape index (κ1) is 25.3. The second-order valence-corrected chi connectivity index (χ2v) is 10.8. The molecule has 3 aliphatic rings. The molecule has 188 valence electrons. The fraction of sp³-hybridized carbons (Fsp3) is 0.708. The Balaban J connectivity index is 1.40. The highest BCUT2D eigenvalue weighted by molar-refractivity contribution is 7.80. The molecule has 3 aliphatic carbocycles. The average molecular weight is 509 g/mol. The third-order valence-electron chi connectivity index (χ3n) is 6.39. The molecule has 2 saturated carbocycles. The SMILES string of the molecule is CCOC(CNC(=S)N[C@H]1CCc2sc(NC(=O)C3CC3)c(C(=O)NCC3CC3)c2C1)OCC. The Morgan fingerprint density at radius 1 is 1.09 bits per heavy atom. The molecule has 4 rings (SSSR count). The van der Waals surface area contributed by atoms with Crippen LogP contribution in [0.4, 0.5) is 5.00 Å². The van der Waals surface area contributed by atoms with E-state index in [-0.39, 0.29) is 30.1 Å². The Morgan fingerprint density at radius 2 is 1.82 bits per heavy atom. The van der Waals surface area contributed by atoms with E-state index in [0.29, 0.717) is 54.3 Å². The summed E-state index contributed by atoms with van der Waals surface area (Å²) >= 11 is 7.07. The van der Waals surface area contributed by atoms with E-state index in [4.69, 9.17) is 21.7 Å². The highest BCUT2D eigenvalue weighted by atomic mass is 32.1. The molecule has 0 radical (unpaired) electrons. The van der Waals surface area contributed by atoms with Gasteiger partial charge in [0.25, 0.3) is 5.91 Å². The van der Waals surface area contributed by atoms with E-state index in [1.54, 1.807) is 11.3 Å². The first-order valence-electron chi connectivity index (χ1n) is 12.5. The fourth-order valence-electron chi connectivity index (χ4n) is 4.19. The number of aryl methyl sites for hydroxylation is 1. The quantitative estimate of drug-likeness (QED) is 0.254. The molecule has 1 heterocycles. The zero-order valence-corrected chi connectivity index (χ0v) is 21.7. The Labute approximate surface area is 210 Å². The lowest BCUT2D eigenvalue weighted by atomic mass is 9.91. The van der Waals surface area contributed by atoms with Crippen molar-refractivity contribution >= 4 is 45.5 Å². The Hall–Kier alpha value is -1.75. The van der Waals surface area contributed by atoms with Gasteiger partial charge >= 0.3 is 0 Å². The van der Waals surface area contributed by atoms with Crippen LogP contribution < -0.4 is 21.3 Å². The van der Waals surface area contributed by atoms with Crippen LogP contribution in [-0.2, 0) is 27.1 Å². The van der Waals surface area contributed by atoms with Crippen LogP contribution in [0.15, 0.2) is 0 Å². The maximum absolute atomic E-state index is 13.2. The largest absolute Gasteiger partial charge is 0.360 e. The highest BCUT2D eigenvalue weighted by Gasteiger charge is 2.34. The number of thiocarbonyl (C=S) groups is 1. The van der Waals surface area contributed by atoms with Crippen LogP contribution in [0.2, 0.25) is 0 Å². The summed E-state index contributed by atoms with van der Waals surface area (Å²) < 4.78 is 11.1. The lowest BCUT2D eigenvalue weighted by molar-refractivity contribution is -0.131. The molecule has 0 spiro atoms. The van der Waals surface area contributed by atoms with E-state index < -0.39 is 0 Å². The van der Waals surface area contributed by atoms with E-state index in [1.165, 1.54) is 17.7 Å². The first-order chi connectivity index (χ1) is 16.5. The number of carbonyl (C=O) groups is 2. The lowest BCUT2D eigenvalue weighted by Gasteiger charge is -2.26. The number of carbonyl (C=O) groups excluding carboxylic acids is 2. The number of hydrogen-bond donors (Lipinski definition) is 4. The normalized spacial score (nSPS) is 19.4. The molecule has 2 amide bonds. The summed E-state index contributed by atoms with van der Waals surface area (Å²) in [6.45, 7) is 6.18. The van der Waals surface area contributed by atoms with Gasteiger partial charge in [0.05, 0.1) is 12.1 Å². The minimum Gasteiger partial charge on any atom is -0.360 e. The number of thiophene rings is 1. The van der Waals surface area contributed by atoms with E-state index in [2.05, 4.69) is 21.3 Å². The van der Waals surface area contributed by atoms with Crippen LogP contribution in [0.25, 0.3) is 0 Å². The van der Waals surface area contributed by atoms with Crippen molar-refractivity contribution in [3.63, 3.8) is 0 Å². The molecule has 1 aromatic heterocycles. The van der Waals surface area contributed by atoms with Crippen molar-refractivity contribution in [2.75, 3.05) is 31.6 Å². The Kier molecular flexibility index (Phi) is 8.79. The molecular formula is C24H36N4O4S2. The molecule has 34 heavy (non-hydrogen) atoms. The second kappa shape index (κ2) is 11.8. The van der Waals surface area contributed by atoms with Gasteiger partial charge in [0.1, 0.15) is 5.00 Å². The fourth-order valence-corrected chi connectivity index (χ4v) is 5.69. The van der Waals surface area contributed by atoms with E-state index in [0.717, 1.165) is 31.2 Å². The lowest BCUT2D eigenvalue weighted by Crippen LogP contribution is -2.47. The van der Waals surface area contributed by atoms with Gasteiger partial charge in [0, 0.05) is 36.6 Å². The molecule has 4 N–H and O–H groups in total. The van der Waals surface area contributed by atoms with Gasteiger partial charge in [-0.2, -0.15) is 0 Å². The van der Waals surface area contributed by atoms with Crippen molar-refractivity contribution < 1.29 is 19.1 Å². The van der Waals surface area contributed by atoms with Gasteiger partial charge in [-0.3, -0.25) is 9.59 Å². The van der Waals surface area contributed by atoms with Gasteiger partial charge in [-0.05, 0) is 82.5 Å². The summed E-state index contributed by atoms with van der Waals surface area (Å²) in [7, 11) is 0. The maximum Gasteiger partial charge on any atom is 0.254 e. The number of fused-ring (bicyclic) bond motifs is 1. The van der Waals surface area contributed by atoms with Gasteiger partial charge < -0.3 is 30.7 Å². The topological polar surface area (TPSA) is 101 Å². The van der Waals surface area contributed by atoms with E-state index in [9.17, 15) is 9.59 Å². The third-order valence-corrected chi connectivity index (χ3v) is 7.86. The van der Waals surface area contributed by atoms with Crippen molar-refractivity contribution in [3.8, 4) is 0 Å². The molecule has 0 bridgehead atoms. The molecule has 1 aromatic rings. The summed E-state index contributed by atoms with van der Waals surface area (Å²) in [5, 5.41) is 14.0. The Bertz CT molecular complexity index is 892.